The lowest BCUT2D eigenvalue weighted by atomic mass is 10.1. The molecule has 1 fully saturated rings. The van der Waals surface area contributed by atoms with E-state index in [9.17, 15) is 9.18 Å². The molecule has 0 saturated carbocycles. The van der Waals surface area contributed by atoms with Gasteiger partial charge in [-0.25, -0.2) is 4.39 Å². The van der Waals surface area contributed by atoms with Crippen LogP contribution in [0, 0.1) is 5.82 Å². The van der Waals surface area contributed by atoms with Gasteiger partial charge in [-0.15, -0.1) is 0 Å². The van der Waals surface area contributed by atoms with Crippen LogP contribution in [-0.2, 0) is 4.79 Å². The normalized spacial score (nSPS) is 15.7. The van der Waals surface area contributed by atoms with E-state index in [-0.39, 0.29) is 22.0 Å². The highest BCUT2D eigenvalue weighted by Crippen LogP contribution is 2.38. The zero-order valence-electron chi connectivity index (χ0n) is 18.2. The van der Waals surface area contributed by atoms with Crippen molar-refractivity contribution in [3.8, 4) is 11.5 Å². The van der Waals surface area contributed by atoms with Crippen molar-refractivity contribution >= 4 is 46.0 Å². The quantitative estimate of drug-likeness (QED) is 0.276. The summed E-state index contributed by atoms with van der Waals surface area (Å²) >= 11 is 6.49. The molecule has 168 valence electrons. The molecule has 0 radical (unpaired) electrons. The second-order valence-electron chi connectivity index (χ2n) is 7.28. The molecule has 1 atom stereocenters. The third-order valence-electron chi connectivity index (χ3n) is 5.03. The smallest absolute Gasteiger partial charge is 0.270 e. The summed E-state index contributed by atoms with van der Waals surface area (Å²) in [4.78, 5) is 14.6. The average Bonchev–Trinajstić information content (AvgIpc) is 3.09. The first-order valence-electron chi connectivity index (χ1n) is 10.5. The summed E-state index contributed by atoms with van der Waals surface area (Å²) in [5.41, 5.74) is 1.96. The lowest BCUT2D eigenvalue weighted by Gasteiger charge is -2.18. The van der Waals surface area contributed by atoms with Crippen molar-refractivity contribution in [2.24, 2.45) is 0 Å². The van der Waals surface area contributed by atoms with Crippen LogP contribution in [0.1, 0.15) is 31.1 Å². The molecule has 4 rings (SSSR count). The number of ether oxygens (including phenoxy) is 2. The van der Waals surface area contributed by atoms with E-state index < -0.39 is 5.82 Å². The number of nitrogens with zero attached hydrogens (tertiary/aromatic N) is 1. The molecule has 7 heteroatoms. The van der Waals surface area contributed by atoms with Crippen molar-refractivity contribution in [2.75, 3.05) is 11.5 Å². The zero-order chi connectivity index (χ0) is 23.4. The Hall–Kier alpha value is -3.16. The molecular weight excluding hydrogens is 457 g/mol. The number of carbonyl (C=O) groups is 1. The van der Waals surface area contributed by atoms with Crippen LogP contribution in [0.25, 0.3) is 6.08 Å². The number of para-hydroxylation sites is 1. The van der Waals surface area contributed by atoms with Gasteiger partial charge in [0.1, 0.15) is 11.9 Å². The van der Waals surface area contributed by atoms with Gasteiger partial charge in [0.2, 0.25) is 0 Å². The number of carbonyl (C=O) groups excluding carboxylic acids is 1. The Morgan fingerprint density at radius 3 is 2.52 bits per heavy atom. The molecule has 0 N–H and O–H groups in total. The summed E-state index contributed by atoms with van der Waals surface area (Å²) in [7, 11) is 0. The third-order valence-corrected chi connectivity index (χ3v) is 6.33. The molecular formula is C26H22FNO3S2. The van der Waals surface area contributed by atoms with Crippen LogP contribution in [0.4, 0.5) is 10.1 Å². The second-order valence-corrected chi connectivity index (χ2v) is 8.95. The number of hydrogen-bond acceptors (Lipinski definition) is 5. The Kier molecular flexibility index (Phi) is 7.11. The predicted molar refractivity (Wildman–Crippen MR) is 135 cm³/mol. The summed E-state index contributed by atoms with van der Waals surface area (Å²) in [5.74, 6) is 0.344. The van der Waals surface area contributed by atoms with Gasteiger partial charge in [-0.2, -0.15) is 0 Å². The van der Waals surface area contributed by atoms with Crippen LogP contribution in [-0.4, -0.2) is 16.8 Å². The van der Waals surface area contributed by atoms with E-state index in [1.165, 1.54) is 17.0 Å². The monoisotopic (exact) mass is 479 g/mol. The van der Waals surface area contributed by atoms with Gasteiger partial charge in [0.25, 0.3) is 5.91 Å². The fraction of sp³-hybridized carbons (Fsp3) is 0.154. The van der Waals surface area contributed by atoms with Gasteiger partial charge in [0.15, 0.2) is 15.8 Å². The molecule has 1 amide bonds. The Labute approximate surface area is 202 Å². The number of hydrogen-bond donors (Lipinski definition) is 0. The molecule has 0 bridgehead atoms. The number of amides is 1. The molecule has 1 aliphatic rings. The number of thioether (sulfide) groups is 1. The van der Waals surface area contributed by atoms with Crippen LogP contribution in [0.2, 0.25) is 0 Å². The molecule has 0 unspecified atom stereocenters. The SMILES string of the molecule is CCOc1cc(/C=C2\SC(=S)N(c3ccccc3F)C2=O)ccc1O[C@@H](C)c1ccccc1. The minimum absolute atomic E-state index is 0.150. The fourth-order valence-corrected chi connectivity index (χ4v) is 4.71. The fourth-order valence-electron chi connectivity index (χ4n) is 3.42. The van der Waals surface area contributed by atoms with Crippen molar-refractivity contribution < 1.29 is 18.7 Å². The maximum absolute atomic E-state index is 14.2. The highest BCUT2D eigenvalue weighted by atomic mass is 32.2. The highest BCUT2D eigenvalue weighted by molar-refractivity contribution is 8.27. The molecule has 3 aromatic carbocycles. The Morgan fingerprint density at radius 2 is 1.79 bits per heavy atom. The number of benzene rings is 3. The van der Waals surface area contributed by atoms with Crippen LogP contribution in [0.5, 0.6) is 11.5 Å². The van der Waals surface area contributed by atoms with Crippen LogP contribution >= 0.6 is 24.0 Å². The topological polar surface area (TPSA) is 38.8 Å². The molecule has 4 nitrogen and oxygen atoms in total. The van der Waals surface area contributed by atoms with Crippen LogP contribution < -0.4 is 14.4 Å². The molecule has 33 heavy (non-hydrogen) atoms. The van der Waals surface area contributed by atoms with Gasteiger partial charge in [-0.1, -0.05) is 72.5 Å². The first kappa shape index (κ1) is 23.0. The van der Waals surface area contributed by atoms with Crippen molar-refractivity contribution in [3.05, 3.63) is 94.6 Å². The summed E-state index contributed by atoms with van der Waals surface area (Å²) in [6, 6.07) is 21.5. The van der Waals surface area contributed by atoms with E-state index in [0.717, 1.165) is 22.9 Å². The molecule has 1 heterocycles. The number of anilines is 1. The van der Waals surface area contributed by atoms with Gasteiger partial charge in [-0.3, -0.25) is 9.69 Å². The predicted octanol–water partition coefficient (Wildman–Crippen LogP) is 6.77. The molecule has 1 saturated heterocycles. The summed E-state index contributed by atoms with van der Waals surface area (Å²) in [5, 5.41) is 0. The summed E-state index contributed by atoms with van der Waals surface area (Å²) in [6.45, 7) is 4.35. The summed E-state index contributed by atoms with van der Waals surface area (Å²) in [6.07, 6.45) is 1.57. The molecule has 0 spiro atoms. The van der Waals surface area contributed by atoms with Gasteiger partial charge in [-0.05, 0) is 55.3 Å². The summed E-state index contributed by atoms with van der Waals surface area (Å²) < 4.78 is 26.5. The van der Waals surface area contributed by atoms with E-state index in [0.29, 0.717) is 23.0 Å². The number of halogens is 1. The second kappa shape index (κ2) is 10.2. The van der Waals surface area contributed by atoms with Crippen molar-refractivity contribution in [2.45, 2.75) is 20.0 Å². The van der Waals surface area contributed by atoms with Gasteiger partial charge in [0, 0.05) is 0 Å². The first-order valence-corrected chi connectivity index (χ1v) is 11.7. The van der Waals surface area contributed by atoms with Gasteiger partial charge >= 0.3 is 0 Å². The molecule has 0 aliphatic carbocycles. The maximum Gasteiger partial charge on any atom is 0.270 e. The van der Waals surface area contributed by atoms with Crippen molar-refractivity contribution in [1.29, 1.82) is 0 Å². The third kappa shape index (κ3) is 5.10. The standard InChI is InChI=1S/C26H22FNO3S2/c1-3-30-23-15-18(13-14-22(23)31-17(2)19-9-5-4-6-10-19)16-24-25(29)28(26(32)33-24)21-12-8-7-11-20(21)27/h4-17H,3H2,1-2H3/b24-16-/t17-/m0/s1. The average molecular weight is 480 g/mol. The van der Waals surface area contributed by atoms with Gasteiger partial charge < -0.3 is 9.47 Å². The largest absolute Gasteiger partial charge is 0.490 e. The number of rotatable bonds is 7. The van der Waals surface area contributed by atoms with Crippen LogP contribution in [0.15, 0.2) is 77.7 Å². The Morgan fingerprint density at radius 1 is 1.06 bits per heavy atom. The van der Waals surface area contributed by atoms with E-state index >= 15 is 0 Å². The highest BCUT2D eigenvalue weighted by Gasteiger charge is 2.34. The zero-order valence-corrected chi connectivity index (χ0v) is 19.8. The lowest BCUT2D eigenvalue weighted by molar-refractivity contribution is -0.113. The van der Waals surface area contributed by atoms with Crippen molar-refractivity contribution in [1.82, 2.24) is 0 Å². The lowest BCUT2D eigenvalue weighted by Crippen LogP contribution is -2.28. The Bertz CT molecular complexity index is 1210. The maximum atomic E-state index is 14.2. The molecule has 0 aromatic heterocycles. The molecule has 1 aliphatic heterocycles. The van der Waals surface area contributed by atoms with E-state index in [1.54, 1.807) is 18.2 Å². The van der Waals surface area contributed by atoms with Crippen molar-refractivity contribution in [3.63, 3.8) is 0 Å². The molecule has 3 aromatic rings. The Balaban J connectivity index is 1.59. The minimum atomic E-state index is -0.497. The van der Waals surface area contributed by atoms with Gasteiger partial charge in [0.05, 0.1) is 17.2 Å². The van der Waals surface area contributed by atoms with Crippen LogP contribution in [0.3, 0.4) is 0 Å². The first-order chi connectivity index (χ1) is 16.0. The minimum Gasteiger partial charge on any atom is -0.490 e. The van der Waals surface area contributed by atoms with E-state index in [1.807, 2.05) is 62.4 Å². The number of thiocarbonyl (C=S) groups is 1. The van der Waals surface area contributed by atoms with E-state index in [2.05, 4.69) is 0 Å². The van der Waals surface area contributed by atoms with E-state index in [4.69, 9.17) is 21.7 Å².